The van der Waals surface area contributed by atoms with E-state index in [-0.39, 0.29) is 22.6 Å². The van der Waals surface area contributed by atoms with Crippen LogP contribution >= 0.6 is 0 Å². The van der Waals surface area contributed by atoms with Gasteiger partial charge in [0.15, 0.2) is 0 Å². The molecule has 1 saturated carbocycles. The van der Waals surface area contributed by atoms with E-state index in [9.17, 15) is 18.0 Å². The van der Waals surface area contributed by atoms with Crippen LogP contribution < -0.4 is 4.72 Å². The molecule has 2 fully saturated rings. The van der Waals surface area contributed by atoms with Gasteiger partial charge in [-0.2, -0.15) is 0 Å². The van der Waals surface area contributed by atoms with Gasteiger partial charge in [-0.3, -0.25) is 14.3 Å². The van der Waals surface area contributed by atoms with E-state index in [0.29, 0.717) is 37.4 Å². The van der Waals surface area contributed by atoms with Crippen molar-refractivity contribution in [1.82, 2.24) is 9.80 Å². The molecule has 1 aliphatic heterocycles. The Kier molecular flexibility index (Phi) is 6.00. The van der Waals surface area contributed by atoms with E-state index in [0.717, 1.165) is 24.8 Å². The van der Waals surface area contributed by atoms with Crippen molar-refractivity contribution in [2.45, 2.75) is 31.1 Å². The van der Waals surface area contributed by atoms with Crippen molar-refractivity contribution in [2.75, 3.05) is 30.9 Å². The predicted octanol–water partition coefficient (Wildman–Crippen LogP) is 2.88. The zero-order valence-corrected chi connectivity index (χ0v) is 18.4. The predicted molar refractivity (Wildman–Crippen MR) is 118 cm³/mol. The summed E-state index contributed by atoms with van der Waals surface area (Å²) >= 11 is 0. The molecule has 0 aromatic heterocycles. The number of hydrogen-bond donors (Lipinski definition) is 1. The van der Waals surface area contributed by atoms with Gasteiger partial charge in [0.1, 0.15) is 0 Å². The van der Waals surface area contributed by atoms with Gasteiger partial charge >= 0.3 is 0 Å². The molecule has 0 bridgehead atoms. The normalized spacial score (nSPS) is 17.2. The van der Waals surface area contributed by atoms with Crippen LogP contribution in [0.15, 0.2) is 53.4 Å². The number of benzene rings is 2. The molecule has 4 rings (SSSR count). The lowest BCUT2D eigenvalue weighted by molar-refractivity contribution is -0.139. The standard InChI is InChI=1S/C23H27N3O4S/c1-17-5-9-20(10-6-17)24-31(29,30)21-11-7-19(8-12-21)23(28)26-15-13-25(14-16-26)22(27)18-3-2-4-18/h5-12,18,24H,2-4,13-16H2,1H3. The van der Waals surface area contributed by atoms with Gasteiger partial charge in [0.05, 0.1) is 4.90 Å². The summed E-state index contributed by atoms with van der Waals surface area (Å²) in [4.78, 5) is 28.9. The van der Waals surface area contributed by atoms with Crippen molar-refractivity contribution in [3.8, 4) is 0 Å². The Morgan fingerprint density at radius 1 is 0.871 bits per heavy atom. The van der Waals surface area contributed by atoms with Gasteiger partial charge in [0.25, 0.3) is 15.9 Å². The van der Waals surface area contributed by atoms with Crippen molar-refractivity contribution < 1.29 is 18.0 Å². The number of anilines is 1. The van der Waals surface area contributed by atoms with E-state index in [1.807, 2.05) is 24.0 Å². The Hall–Kier alpha value is -2.87. The highest BCUT2D eigenvalue weighted by Gasteiger charge is 2.32. The van der Waals surface area contributed by atoms with Crippen LogP contribution in [0.2, 0.25) is 0 Å². The second kappa shape index (κ2) is 8.70. The number of amides is 2. The van der Waals surface area contributed by atoms with E-state index in [1.54, 1.807) is 17.0 Å². The van der Waals surface area contributed by atoms with Crippen molar-refractivity contribution in [1.29, 1.82) is 0 Å². The van der Waals surface area contributed by atoms with E-state index in [1.165, 1.54) is 24.3 Å². The van der Waals surface area contributed by atoms with Gasteiger partial charge in [-0.05, 0) is 56.2 Å². The number of aryl methyl sites for hydroxylation is 1. The fourth-order valence-electron chi connectivity index (χ4n) is 3.84. The molecule has 7 nitrogen and oxygen atoms in total. The summed E-state index contributed by atoms with van der Waals surface area (Å²) < 4.78 is 27.8. The number of sulfonamides is 1. The highest BCUT2D eigenvalue weighted by atomic mass is 32.2. The van der Waals surface area contributed by atoms with Crippen LogP contribution in [0.1, 0.15) is 35.2 Å². The molecule has 164 valence electrons. The average Bonchev–Trinajstić information content (AvgIpc) is 2.74. The first kappa shape index (κ1) is 21.4. The van der Waals surface area contributed by atoms with Crippen LogP contribution in [0.4, 0.5) is 5.69 Å². The third-order valence-electron chi connectivity index (χ3n) is 6.05. The largest absolute Gasteiger partial charge is 0.339 e. The fourth-order valence-corrected chi connectivity index (χ4v) is 4.90. The molecular weight excluding hydrogens is 414 g/mol. The Balaban J connectivity index is 1.37. The van der Waals surface area contributed by atoms with Crippen molar-refractivity contribution in [3.05, 3.63) is 59.7 Å². The molecule has 1 saturated heterocycles. The van der Waals surface area contributed by atoms with E-state index >= 15 is 0 Å². The molecule has 2 aliphatic rings. The van der Waals surface area contributed by atoms with E-state index < -0.39 is 10.0 Å². The summed E-state index contributed by atoms with van der Waals surface area (Å²) in [7, 11) is -3.73. The molecule has 2 amide bonds. The van der Waals surface area contributed by atoms with Gasteiger partial charge in [-0.25, -0.2) is 8.42 Å². The third-order valence-corrected chi connectivity index (χ3v) is 7.45. The Labute approximate surface area is 183 Å². The summed E-state index contributed by atoms with van der Waals surface area (Å²) in [5.74, 6) is 0.241. The van der Waals surface area contributed by atoms with Gasteiger partial charge in [-0.15, -0.1) is 0 Å². The number of nitrogens with one attached hydrogen (secondary N) is 1. The topological polar surface area (TPSA) is 86.8 Å². The van der Waals surface area contributed by atoms with Crippen LogP contribution in [0.3, 0.4) is 0 Å². The molecule has 0 radical (unpaired) electrons. The highest BCUT2D eigenvalue weighted by molar-refractivity contribution is 7.92. The molecule has 2 aromatic rings. The SMILES string of the molecule is Cc1ccc(NS(=O)(=O)c2ccc(C(=O)N3CCN(C(=O)C4CCC4)CC3)cc2)cc1. The minimum Gasteiger partial charge on any atom is -0.339 e. The summed E-state index contributed by atoms with van der Waals surface area (Å²) in [6, 6.07) is 13.1. The fraction of sp³-hybridized carbons (Fsp3) is 0.391. The molecule has 1 N–H and O–H groups in total. The smallest absolute Gasteiger partial charge is 0.261 e. The quantitative estimate of drug-likeness (QED) is 0.773. The van der Waals surface area contributed by atoms with Gasteiger partial charge in [0, 0.05) is 43.3 Å². The molecule has 31 heavy (non-hydrogen) atoms. The Bertz CT molecular complexity index is 1050. The molecule has 0 spiro atoms. The number of piperazine rings is 1. The number of carbonyl (C=O) groups excluding carboxylic acids is 2. The zero-order valence-electron chi connectivity index (χ0n) is 17.6. The van der Waals surface area contributed by atoms with Crippen LogP contribution in [-0.2, 0) is 14.8 Å². The van der Waals surface area contributed by atoms with Crippen LogP contribution in [0.5, 0.6) is 0 Å². The lowest BCUT2D eigenvalue weighted by Crippen LogP contribution is -2.52. The second-order valence-corrected chi connectivity index (χ2v) is 9.92. The first-order valence-electron chi connectivity index (χ1n) is 10.6. The van der Waals surface area contributed by atoms with Crippen molar-refractivity contribution >= 4 is 27.5 Å². The molecule has 1 heterocycles. The lowest BCUT2D eigenvalue weighted by atomic mass is 9.84. The monoisotopic (exact) mass is 441 g/mol. The second-order valence-electron chi connectivity index (χ2n) is 8.24. The maximum atomic E-state index is 12.8. The molecular formula is C23H27N3O4S. The highest BCUT2D eigenvalue weighted by Crippen LogP contribution is 2.28. The maximum absolute atomic E-state index is 12.8. The first-order valence-corrected chi connectivity index (χ1v) is 12.1. The maximum Gasteiger partial charge on any atom is 0.261 e. The summed E-state index contributed by atoms with van der Waals surface area (Å²) in [6.07, 6.45) is 3.08. The molecule has 8 heteroatoms. The third kappa shape index (κ3) is 4.74. The summed E-state index contributed by atoms with van der Waals surface area (Å²) in [5.41, 5.74) is 1.96. The van der Waals surface area contributed by atoms with Crippen LogP contribution in [0, 0.1) is 12.8 Å². The van der Waals surface area contributed by atoms with Gasteiger partial charge < -0.3 is 9.80 Å². The minimum atomic E-state index is -3.73. The molecule has 1 aliphatic carbocycles. The number of nitrogens with zero attached hydrogens (tertiary/aromatic N) is 2. The molecule has 2 aromatic carbocycles. The summed E-state index contributed by atoms with van der Waals surface area (Å²) in [6.45, 7) is 4.01. The van der Waals surface area contributed by atoms with E-state index in [2.05, 4.69) is 4.72 Å². The first-order chi connectivity index (χ1) is 14.8. The van der Waals surface area contributed by atoms with E-state index in [4.69, 9.17) is 0 Å². The minimum absolute atomic E-state index is 0.0977. The lowest BCUT2D eigenvalue weighted by Gasteiger charge is -2.38. The Morgan fingerprint density at radius 2 is 1.45 bits per heavy atom. The van der Waals surface area contributed by atoms with Crippen LogP contribution in [0.25, 0.3) is 0 Å². The summed E-state index contributed by atoms with van der Waals surface area (Å²) in [5, 5.41) is 0. The number of carbonyl (C=O) groups is 2. The van der Waals surface area contributed by atoms with Gasteiger partial charge in [-0.1, -0.05) is 24.1 Å². The van der Waals surface area contributed by atoms with Crippen molar-refractivity contribution in [2.24, 2.45) is 5.92 Å². The zero-order chi connectivity index (χ0) is 22.0. The molecule has 0 unspecified atom stereocenters. The van der Waals surface area contributed by atoms with Crippen LogP contribution in [-0.4, -0.2) is 56.2 Å². The molecule has 0 atom stereocenters. The van der Waals surface area contributed by atoms with Crippen molar-refractivity contribution in [3.63, 3.8) is 0 Å². The number of rotatable bonds is 5. The number of hydrogen-bond acceptors (Lipinski definition) is 4. The average molecular weight is 442 g/mol. The Morgan fingerprint density at radius 3 is 2.00 bits per heavy atom. The van der Waals surface area contributed by atoms with Gasteiger partial charge in [0.2, 0.25) is 5.91 Å².